The molecule has 4 nitrogen and oxygen atoms in total. The molecule has 2 fully saturated rings. The SMILES string of the molecule is CCC1C(=O)NC(C(C)(C)C)C(=O)N1CC1CC1C. The summed E-state index contributed by atoms with van der Waals surface area (Å²) in [6, 6.07) is -0.671. The fourth-order valence-corrected chi connectivity index (χ4v) is 2.88. The van der Waals surface area contributed by atoms with Gasteiger partial charge in [-0.3, -0.25) is 9.59 Å². The van der Waals surface area contributed by atoms with Gasteiger partial charge in [-0.15, -0.1) is 0 Å². The summed E-state index contributed by atoms with van der Waals surface area (Å²) in [4.78, 5) is 26.7. The van der Waals surface area contributed by atoms with Gasteiger partial charge in [-0.05, 0) is 30.1 Å². The van der Waals surface area contributed by atoms with E-state index in [1.165, 1.54) is 6.42 Å². The molecule has 0 radical (unpaired) electrons. The third-order valence-electron chi connectivity index (χ3n) is 4.46. The first-order valence-corrected chi connectivity index (χ1v) is 7.36. The maximum absolute atomic E-state index is 12.7. The number of hydrogen-bond donors (Lipinski definition) is 1. The molecule has 2 rings (SSSR count). The van der Waals surface area contributed by atoms with Crippen molar-refractivity contribution in [1.82, 2.24) is 10.2 Å². The molecule has 1 heterocycles. The molecule has 108 valence electrons. The van der Waals surface area contributed by atoms with Crippen LogP contribution in [0.3, 0.4) is 0 Å². The second-order valence-corrected chi connectivity index (χ2v) is 7.20. The molecule has 1 N–H and O–H groups in total. The van der Waals surface area contributed by atoms with Crippen molar-refractivity contribution in [2.75, 3.05) is 6.54 Å². The fourth-order valence-electron chi connectivity index (χ4n) is 2.88. The van der Waals surface area contributed by atoms with E-state index in [9.17, 15) is 9.59 Å². The van der Waals surface area contributed by atoms with E-state index in [1.807, 2.05) is 32.6 Å². The molecule has 2 amide bonds. The van der Waals surface area contributed by atoms with Gasteiger partial charge in [0, 0.05) is 6.54 Å². The lowest BCUT2D eigenvalue weighted by Gasteiger charge is -2.43. The average Bonchev–Trinajstić information content (AvgIpc) is 2.98. The minimum absolute atomic E-state index is 0.00956. The fraction of sp³-hybridized carbons (Fsp3) is 0.867. The molecule has 4 unspecified atom stereocenters. The Bertz CT molecular complexity index is 386. The monoisotopic (exact) mass is 266 g/mol. The first kappa shape index (κ1) is 14.4. The summed E-state index contributed by atoms with van der Waals surface area (Å²) in [6.07, 6.45) is 1.87. The highest BCUT2D eigenvalue weighted by molar-refractivity contribution is 5.97. The van der Waals surface area contributed by atoms with Crippen LogP contribution in [0.15, 0.2) is 0 Å². The molecule has 2 aliphatic rings. The van der Waals surface area contributed by atoms with Gasteiger partial charge in [-0.25, -0.2) is 0 Å². The first-order chi connectivity index (χ1) is 8.75. The quantitative estimate of drug-likeness (QED) is 0.846. The molecule has 0 aromatic carbocycles. The topological polar surface area (TPSA) is 49.4 Å². The zero-order valence-corrected chi connectivity index (χ0v) is 12.7. The summed E-state index contributed by atoms with van der Waals surface area (Å²) >= 11 is 0. The molecule has 1 aliphatic carbocycles. The van der Waals surface area contributed by atoms with E-state index in [4.69, 9.17) is 0 Å². The second kappa shape index (κ2) is 4.80. The zero-order chi connectivity index (χ0) is 14.4. The number of piperazine rings is 1. The van der Waals surface area contributed by atoms with Crippen LogP contribution in [-0.2, 0) is 9.59 Å². The Morgan fingerprint density at radius 2 is 1.89 bits per heavy atom. The molecular formula is C15H26N2O2. The normalized spacial score (nSPS) is 35.3. The Hall–Kier alpha value is -1.06. The minimum Gasteiger partial charge on any atom is -0.342 e. The van der Waals surface area contributed by atoms with Crippen molar-refractivity contribution in [1.29, 1.82) is 0 Å². The van der Waals surface area contributed by atoms with E-state index >= 15 is 0 Å². The van der Waals surface area contributed by atoms with E-state index in [1.54, 1.807) is 0 Å². The summed E-state index contributed by atoms with van der Waals surface area (Å²) < 4.78 is 0. The van der Waals surface area contributed by atoms with Gasteiger partial charge in [0.2, 0.25) is 11.8 Å². The van der Waals surface area contributed by atoms with E-state index in [2.05, 4.69) is 12.2 Å². The lowest BCUT2D eigenvalue weighted by Crippen LogP contribution is -2.66. The zero-order valence-electron chi connectivity index (χ0n) is 12.7. The van der Waals surface area contributed by atoms with Crippen molar-refractivity contribution in [3.63, 3.8) is 0 Å². The summed E-state index contributed by atoms with van der Waals surface area (Å²) in [5, 5.41) is 2.91. The van der Waals surface area contributed by atoms with Crippen LogP contribution in [-0.4, -0.2) is 35.3 Å². The van der Waals surface area contributed by atoms with Gasteiger partial charge in [0.15, 0.2) is 0 Å². The summed E-state index contributed by atoms with van der Waals surface area (Å²) in [5.74, 6) is 1.39. The Balaban J connectivity index is 2.18. The Morgan fingerprint density at radius 3 is 2.32 bits per heavy atom. The smallest absolute Gasteiger partial charge is 0.246 e. The van der Waals surface area contributed by atoms with Crippen LogP contribution in [0.2, 0.25) is 0 Å². The number of carbonyl (C=O) groups is 2. The van der Waals surface area contributed by atoms with Crippen molar-refractivity contribution in [3.8, 4) is 0 Å². The van der Waals surface area contributed by atoms with Gasteiger partial charge in [0.1, 0.15) is 12.1 Å². The number of hydrogen-bond acceptors (Lipinski definition) is 2. The highest BCUT2D eigenvalue weighted by Crippen LogP contribution is 2.39. The maximum atomic E-state index is 12.7. The third kappa shape index (κ3) is 2.77. The molecule has 19 heavy (non-hydrogen) atoms. The Labute approximate surface area is 115 Å². The molecule has 1 aliphatic heterocycles. The first-order valence-electron chi connectivity index (χ1n) is 7.36. The van der Waals surface area contributed by atoms with Crippen molar-refractivity contribution in [3.05, 3.63) is 0 Å². The molecule has 4 atom stereocenters. The standard InChI is InChI=1S/C15H26N2O2/c1-6-11-13(18)16-12(15(3,4)5)14(19)17(11)8-10-7-9(10)2/h9-12H,6-8H2,1-5H3,(H,16,18). The molecule has 0 spiro atoms. The van der Waals surface area contributed by atoms with Crippen molar-refractivity contribution < 1.29 is 9.59 Å². The van der Waals surface area contributed by atoms with Crippen LogP contribution in [0.1, 0.15) is 47.5 Å². The predicted molar refractivity (Wildman–Crippen MR) is 74.4 cm³/mol. The van der Waals surface area contributed by atoms with Crippen LogP contribution < -0.4 is 5.32 Å². The number of rotatable bonds is 3. The van der Waals surface area contributed by atoms with E-state index in [-0.39, 0.29) is 23.3 Å². The van der Waals surface area contributed by atoms with Gasteiger partial charge in [0.05, 0.1) is 0 Å². The number of carbonyl (C=O) groups excluding carboxylic acids is 2. The van der Waals surface area contributed by atoms with Crippen LogP contribution in [0.25, 0.3) is 0 Å². The molecule has 1 saturated heterocycles. The largest absolute Gasteiger partial charge is 0.342 e. The lowest BCUT2D eigenvalue weighted by atomic mass is 9.83. The highest BCUT2D eigenvalue weighted by atomic mass is 16.2. The summed E-state index contributed by atoms with van der Waals surface area (Å²) in [7, 11) is 0. The van der Waals surface area contributed by atoms with E-state index in [0.717, 1.165) is 6.54 Å². The Morgan fingerprint density at radius 1 is 1.32 bits per heavy atom. The van der Waals surface area contributed by atoms with Crippen LogP contribution in [0.5, 0.6) is 0 Å². The van der Waals surface area contributed by atoms with Gasteiger partial charge in [-0.1, -0.05) is 34.6 Å². The molecule has 1 saturated carbocycles. The van der Waals surface area contributed by atoms with E-state index < -0.39 is 6.04 Å². The number of amides is 2. The van der Waals surface area contributed by atoms with Gasteiger partial charge < -0.3 is 10.2 Å². The van der Waals surface area contributed by atoms with Crippen LogP contribution in [0.4, 0.5) is 0 Å². The van der Waals surface area contributed by atoms with Crippen LogP contribution in [0, 0.1) is 17.3 Å². The average molecular weight is 266 g/mol. The van der Waals surface area contributed by atoms with E-state index in [0.29, 0.717) is 18.3 Å². The summed E-state index contributed by atoms with van der Waals surface area (Å²) in [5.41, 5.74) is -0.237. The Kier molecular flexibility index (Phi) is 3.63. The van der Waals surface area contributed by atoms with Crippen molar-refractivity contribution in [2.45, 2.75) is 59.5 Å². The van der Waals surface area contributed by atoms with Gasteiger partial charge in [-0.2, -0.15) is 0 Å². The van der Waals surface area contributed by atoms with Crippen molar-refractivity contribution >= 4 is 11.8 Å². The number of nitrogens with one attached hydrogen (secondary N) is 1. The molecular weight excluding hydrogens is 240 g/mol. The predicted octanol–water partition coefficient (Wildman–Crippen LogP) is 1.79. The molecule has 4 heteroatoms. The van der Waals surface area contributed by atoms with Gasteiger partial charge >= 0.3 is 0 Å². The van der Waals surface area contributed by atoms with Gasteiger partial charge in [0.25, 0.3) is 0 Å². The second-order valence-electron chi connectivity index (χ2n) is 7.20. The van der Waals surface area contributed by atoms with Crippen LogP contribution >= 0.6 is 0 Å². The molecule has 0 aromatic rings. The third-order valence-corrected chi connectivity index (χ3v) is 4.46. The number of nitrogens with zero attached hydrogens (tertiary/aromatic N) is 1. The maximum Gasteiger partial charge on any atom is 0.246 e. The molecule has 0 aromatic heterocycles. The van der Waals surface area contributed by atoms with Crippen molar-refractivity contribution in [2.24, 2.45) is 17.3 Å². The highest BCUT2D eigenvalue weighted by Gasteiger charge is 2.47. The molecule has 0 bridgehead atoms. The minimum atomic E-state index is -0.392. The summed E-state index contributed by atoms with van der Waals surface area (Å²) in [6.45, 7) is 10.9. The lowest BCUT2D eigenvalue weighted by molar-refractivity contribution is -0.152.